The number of aliphatic carboxylic acids is 1. The predicted molar refractivity (Wildman–Crippen MR) is 63.4 cm³/mol. The number of carboxylic acid groups (broad SMARTS) is 1. The van der Waals surface area contributed by atoms with Gasteiger partial charge in [-0.25, -0.2) is 0 Å². The maximum absolute atomic E-state index is 11.0. The van der Waals surface area contributed by atoms with Gasteiger partial charge in [0.1, 0.15) is 0 Å². The first kappa shape index (κ1) is 11.9. The molecule has 2 aliphatic rings. The van der Waals surface area contributed by atoms with Crippen molar-refractivity contribution in [3.63, 3.8) is 0 Å². The van der Waals surface area contributed by atoms with Crippen LogP contribution in [0.3, 0.4) is 0 Å². The molecular weight excluding hydrogens is 202 g/mol. The van der Waals surface area contributed by atoms with Crippen LogP contribution in [0.4, 0.5) is 0 Å². The number of carbonyl (C=O) groups is 1. The Morgan fingerprint density at radius 3 is 2.81 bits per heavy atom. The first-order chi connectivity index (χ1) is 7.72. The molecule has 0 spiro atoms. The summed E-state index contributed by atoms with van der Waals surface area (Å²) in [6.07, 6.45) is 7.13. The van der Waals surface area contributed by atoms with E-state index in [4.69, 9.17) is 5.11 Å². The number of rotatable bonds is 3. The number of hydrogen-bond acceptors (Lipinski definition) is 2. The molecule has 1 aliphatic carbocycles. The summed E-state index contributed by atoms with van der Waals surface area (Å²) < 4.78 is 0. The third-order valence-electron chi connectivity index (χ3n) is 4.41. The molecule has 1 N–H and O–H groups in total. The van der Waals surface area contributed by atoms with E-state index in [1.807, 2.05) is 0 Å². The Kier molecular flexibility index (Phi) is 3.85. The van der Waals surface area contributed by atoms with Gasteiger partial charge in [0, 0.05) is 12.6 Å². The molecule has 1 aliphatic heterocycles. The number of carboxylic acids is 1. The summed E-state index contributed by atoms with van der Waals surface area (Å²) in [5.74, 6) is 0.0927. The maximum atomic E-state index is 11.0. The van der Waals surface area contributed by atoms with E-state index in [2.05, 4.69) is 11.8 Å². The monoisotopic (exact) mass is 225 g/mol. The molecule has 3 heteroatoms. The van der Waals surface area contributed by atoms with Crippen LogP contribution in [0.25, 0.3) is 0 Å². The van der Waals surface area contributed by atoms with Crippen LogP contribution in [0, 0.1) is 11.8 Å². The van der Waals surface area contributed by atoms with Crippen LogP contribution in [0.5, 0.6) is 0 Å². The highest BCUT2D eigenvalue weighted by Crippen LogP contribution is 2.34. The van der Waals surface area contributed by atoms with Gasteiger partial charge in [0.25, 0.3) is 0 Å². The summed E-state index contributed by atoms with van der Waals surface area (Å²) in [6.45, 7) is 4.17. The summed E-state index contributed by atoms with van der Waals surface area (Å²) >= 11 is 0. The summed E-state index contributed by atoms with van der Waals surface area (Å²) in [5.41, 5.74) is 0. The predicted octanol–water partition coefficient (Wildman–Crippen LogP) is 2.36. The highest BCUT2D eigenvalue weighted by Gasteiger charge is 2.35. The van der Waals surface area contributed by atoms with Crippen LogP contribution in [-0.2, 0) is 4.79 Å². The van der Waals surface area contributed by atoms with Gasteiger partial charge in [-0.2, -0.15) is 0 Å². The summed E-state index contributed by atoms with van der Waals surface area (Å²) in [6, 6.07) is 0.673. The first-order valence-corrected chi connectivity index (χ1v) is 6.69. The quantitative estimate of drug-likeness (QED) is 0.801. The second-order valence-electron chi connectivity index (χ2n) is 5.34. The average Bonchev–Trinajstić information content (AvgIpc) is 2.77. The molecule has 1 heterocycles. The Labute approximate surface area is 97.8 Å². The third kappa shape index (κ3) is 2.40. The van der Waals surface area contributed by atoms with E-state index in [9.17, 15) is 4.79 Å². The van der Waals surface area contributed by atoms with Gasteiger partial charge in [-0.3, -0.25) is 9.69 Å². The fourth-order valence-electron chi connectivity index (χ4n) is 3.48. The second-order valence-corrected chi connectivity index (χ2v) is 5.34. The van der Waals surface area contributed by atoms with Crippen molar-refractivity contribution >= 4 is 5.97 Å². The molecule has 1 saturated carbocycles. The molecule has 0 aromatic heterocycles. The lowest BCUT2D eigenvalue weighted by Crippen LogP contribution is -2.46. The van der Waals surface area contributed by atoms with E-state index in [0.29, 0.717) is 6.04 Å². The van der Waals surface area contributed by atoms with Crippen molar-refractivity contribution < 1.29 is 9.90 Å². The van der Waals surface area contributed by atoms with Gasteiger partial charge in [0.15, 0.2) is 0 Å². The lowest BCUT2D eigenvalue weighted by molar-refractivity contribution is -0.144. The van der Waals surface area contributed by atoms with E-state index < -0.39 is 5.97 Å². The van der Waals surface area contributed by atoms with Crippen molar-refractivity contribution in [2.24, 2.45) is 11.8 Å². The Morgan fingerprint density at radius 1 is 1.31 bits per heavy atom. The summed E-state index contributed by atoms with van der Waals surface area (Å²) in [7, 11) is 0. The Balaban J connectivity index is 1.95. The lowest BCUT2D eigenvalue weighted by Gasteiger charge is -2.37. The van der Waals surface area contributed by atoms with Crippen LogP contribution < -0.4 is 0 Å². The highest BCUT2D eigenvalue weighted by molar-refractivity contribution is 5.70. The van der Waals surface area contributed by atoms with Gasteiger partial charge in [0.2, 0.25) is 0 Å². The lowest BCUT2D eigenvalue weighted by atomic mass is 9.93. The van der Waals surface area contributed by atoms with Gasteiger partial charge in [-0.15, -0.1) is 0 Å². The Morgan fingerprint density at radius 2 is 2.12 bits per heavy atom. The topological polar surface area (TPSA) is 40.5 Å². The summed E-state index contributed by atoms with van der Waals surface area (Å²) in [5, 5.41) is 9.10. The van der Waals surface area contributed by atoms with Crippen molar-refractivity contribution in [2.45, 2.75) is 51.5 Å². The Hall–Kier alpha value is -0.570. The largest absolute Gasteiger partial charge is 0.481 e. The molecule has 3 unspecified atom stereocenters. The number of piperidine rings is 1. The van der Waals surface area contributed by atoms with Crippen molar-refractivity contribution in [3.05, 3.63) is 0 Å². The van der Waals surface area contributed by atoms with Gasteiger partial charge in [0.05, 0.1) is 5.92 Å². The molecule has 3 atom stereocenters. The van der Waals surface area contributed by atoms with Gasteiger partial charge in [-0.05, 0) is 38.1 Å². The van der Waals surface area contributed by atoms with E-state index in [1.54, 1.807) is 0 Å². The fraction of sp³-hybridized carbons (Fsp3) is 0.923. The van der Waals surface area contributed by atoms with E-state index in [1.165, 1.54) is 25.7 Å². The molecule has 3 nitrogen and oxygen atoms in total. The van der Waals surface area contributed by atoms with Crippen LogP contribution in [0.1, 0.15) is 45.4 Å². The van der Waals surface area contributed by atoms with Gasteiger partial charge >= 0.3 is 5.97 Å². The fourth-order valence-corrected chi connectivity index (χ4v) is 3.48. The first-order valence-electron chi connectivity index (χ1n) is 6.69. The SMILES string of the molecule is CCC1CCCC1N1CCCC(C(=O)O)C1. The molecule has 0 amide bonds. The molecule has 0 aromatic rings. The molecule has 0 bridgehead atoms. The number of nitrogens with zero attached hydrogens (tertiary/aromatic N) is 1. The molecule has 0 aromatic carbocycles. The smallest absolute Gasteiger partial charge is 0.307 e. The van der Waals surface area contributed by atoms with Crippen molar-refractivity contribution in [1.82, 2.24) is 4.90 Å². The van der Waals surface area contributed by atoms with E-state index >= 15 is 0 Å². The molecular formula is C13H23NO2. The average molecular weight is 225 g/mol. The number of likely N-dealkylation sites (tertiary alicyclic amines) is 1. The molecule has 0 radical (unpaired) electrons. The standard InChI is InChI=1S/C13H23NO2/c1-2-10-5-3-7-12(10)14-8-4-6-11(9-14)13(15)16/h10-12H,2-9H2,1H3,(H,15,16). The van der Waals surface area contributed by atoms with Crippen molar-refractivity contribution in [1.29, 1.82) is 0 Å². The zero-order valence-electron chi connectivity index (χ0n) is 10.2. The molecule has 2 fully saturated rings. The van der Waals surface area contributed by atoms with E-state index in [-0.39, 0.29) is 5.92 Å². The molecule has 2 rings (SSSR count). The highest BCUT2D eigenvalue weighted by atomic mass is 16.4. The minimum atomic E-state index is -0.601. The van der Waals surface area contributed by atoms with Crippen molar-refractivity contribution in [3.8, 4) is 0 Å². The van der Waals surface area contributed by atoms with Gasteiger partial charge < -0.3 is 5.11 Å². The molecule has 92 valence electrons. The zero-order chi connectivity index (χ0) is 11.5. The third-order valence-corrected chi connectivity index (χ3v) is 4.41. The van der Waals surface area contributed by atoms with Crippen LogP contribution >= 0.6 is 0 Å². The maximum Gasteiger partial charge on any atom is 0.307 e. The second kappa shape index (κ2) is 5.17. The minimum Gasteiger partial charge on any atom is -0.481 e. The van der Waals surface area contributed by atoms with Crippen molar-refractivity contribution in [2.75, 3.05) is 13.1 Å². The Bertz CT molecular complexity index is 254. The zero-order valence-corrected chi connectivity index (χ0v) is 10.2. The summed E-state index contributed by atoms with van der Waals surface area (Å²) in [4.78, 5) is 13.5. The minimum absolute atomic E-state index is 0.119. The normalized spacial score (nSPS) is 36.4. The van der Waals surface area contributed by atoms with Crippen LogP contribution in [0.2, 0.25) is 0 Å². The molecule has 16 heavy (non-hydrogen) atoms. The van der Waals surface area contributed by atoms with Crippen LogP contribution in [0.15, 0.2) is 0 Å². The van der Waals surface area contributed by atoms with E-state index in [0.717, 1.165) is 31.8 Å². The molecule has 1 saturated heterocycles. The number of hydrogen-bond donors (Lipinski definition) is 1. The van der Waals surface area contributed by atoms with Gasteiger partial charge in [-0.1, -0.05) is 19.8 Å². The van der Waals surface area contributed by atoms with Crippen LogP contribution in [-0.4, -0.2) is 35.1 Å².